The highest BCUT2D eigenvalue weighted by atomic mass is 16.5. The summed E-state index contributed by atoms with van der Waals surface area (Å²) in [5.74, 6) is 0.0113. The second-order valence-corrected chi connectivity index (χ2v) is 10.7. The van der Waals surface area contributed by atoms with Crippen LogP contribution in [0.5, 0.6) is 5.75 Å². The van der Waals surface area contributed by atoms with Gasteiger partial charge in [0.15, 0.2) is 5.75 Å². The predicted molar refractivity (Wildman–Crippen MR) is 159 cm³/mol. The quantitative estimate of drug-likeness (QED) is 0.150. The first-order valence-electron chi connectivity index (χ1n) is 15.3. The number of aromatic nitrogens is 1. The summed E-state index contributed by atoms with van der Waals surface area (Å²) >= 11 is 0. The number of carbonyl (C=O) groups excluding carboxylic acids is 1. The molecule has 5 heteroatoms. The van der Waals surface area contributed by atoms with Crippen LogP contribution in [0.2, 0.25) is 0 Å². The molecule has 0 aliphatic carbocycles. The smallest absolute Gasteiger partial charge is 0.223 e. The first-order chi connectivity index (χ1) is 18.6. The fourth-order valence-electron chi connectivity index (χ4n) is 4.93. The molecule has 5 nitrogen and oxygen atoms in total. The van der Waals surface area contributed by atoms with E-state index in [9.17, 15) is 9.59 Å². The Morgan fingerprint density at radius 3 is 1.84 bits per heavy atom. The summed E-state index contributed by atoms with van der Waals surface area (Å²) in [5, 5.41) is 0. The third-order valence-electron chi connectivity index (χ3n) is 7.26. The van der Waals surface area contributed by atoms with Gasteiger partial charge in [-0.25, -0.2) is 0 Å². The number of benzene rings is 1. The molecule has 0 radical (unpaired) electrons. The number of nitrogens with zero attached hydrogens (tertiary/aromatic N) is 1. The average Bonchev–Trinajstić information content (AvgIpc) is 2.91. The molecule has 0 aliphatic rings. The molecule has 212 valence electrons. The van der Waals surface area contributed by atoms with Crippen molar-refractivity contribution in [3.63, 3.8) is 0 Å². The number of aryl methyl sites for hydroxylation is 1. The molecule has 1 aromatic heterocycles. The minimum absolute atomic E-state index is 0.134. The topological polar surface area (TPSA) is 74.3 Å². The van der Waals surface area contributed by atoms with E-state index in [2.05, 4.69) is 6.92 Å². The highest BCUT2D eigenvalue weighted by molar-refractivity contribution is 5.73. The van der Waals surface area contributed by atoms with Crippen molar-refractivity contribution in [3.05, 3.63) is 64.1 Å². The Kier molecular flexibility index (Phi) is 17.0. The number of unbranched alkanes of at least 4 members (excludes halogenated alkanes) is 15. The van der Waals surface area contributed by atoms with Crippen molar-refractivity contribution < 1.29 is 9.53 Å². The van der Waals surface area contributed by atoms with Crippen molar-refractivity contribution in [2.45, 2.75) is 129 Å². The van der Waals surface area contributed by atoms with Crippen LogP contribution in [0.1, 0.15) is 127 Å². The van der Waals surface area contributed by atoms with Crippen LogP contribution in [0.25, 0.3) is 0 Å². The standard InChI is InChI=1S/C33H52N2O3/c1-2-3-4-5-6-7-8-9-10-11-12-13-14-15-16-20-25-38-32-28-35(27-29-21-18-17-19-22-29)30(26-31(32)36)23-24-33(34)37/h17-19,21-22,26,28H,2-16,20,23-25,27H2,1H3,(H2,34,37). The number of pyridine rings is 1. The third-order valence-corrected chi connectivity index (χ3v) is 7.26. The number of hydrogen-bond acceptors (Lipinski definition) is 3. The Morgan fingerprint density at radius 2 is 1.32 bits per heavy atom. The molecule has 1 heterocycles. The molecule has 38 heavy (non-hydrogen) atoms. The minimum atomic E-state index is -0.368. The number of carbonyl (C=O) groups is 1. The van der Waals surface area contributed by atoms with E-state index in [1.54, 1.807) is 12.3 Å². The van der Waals surface area contributed by atoms with Gasteiger partial charge in [-0.15, -0.1) is 0 Å². The highest BCUT2D eigenvalue weighted by Crippen LogP contribution is 2.15. The van der Waals surface area contributed by atoms with Gasteiger partial charge in [-0.2, -0.15) is 0 Å². The van der Waals surface area contributed by atoms with Gasteiger partial charge in [0.1, 0.15) is 0 Å². The van der Waals surface area contributed by atoms with Gasteiger partial charge in [0.05, 0.1) is 12.8 Å². The van der Waals surface area contributed by atoms with Crippen LogP contribution in [0.3, 0.4) is 0 Å². The fraction of sp³-hybridized carbons (Fsp3) is 0.636. The van der Waals surface area contributed by atoms with E-state index in [0.29, 0.717) is 25.3 Å². The second kappa shape index (κ2) is 20.4. The molecule has 0 saturated heterocycles. The molecule has 0 bridgehead atoms. The van der Waals surface area contributed by atoms with E-state index in [1.807, 2.05) is 34.9 Å². The van der Waals surface area contributed by atoms with Gasteiger partial charge >= 0.3 is 0 Å². The van der Waals surface area contributed by atoms with Gasteiger partial charge in [-0.1, -0.05) is 134 Å². The molecule has 1 aromatic carbocycles. The predicted octanol–water partition coefficient (Wildman–Crippen LogP) is 7.95. The summed E-state index contributed by atoms with van der Waals surface area (Å²) in [5.41, 5.74) is 7.13. The van der Waals surface area contributed by atoms with Crippen molar-refractivity contribution in [2.24, 2.45) is 5.73 Å². The third kappa shape index (κ3) is 14.4. The van der Waals surface area contributed by atoms with Crippen molar-refractivity contribution in [3.8, 4) is 5.75 Å². The monoisotopic (exact) mass is 524 g/mol. The van der Waals surface area contributed by atoms with Crippen LogP contribution in [0, 0.1) is 0 Å². The number of hydrogen-bond donors (Lipinski definition) is 1. The Labute approximate surface area is 231 Å². The van der Waals surface area contributed by atoms with Gasteiger partial charge in [-0.05, 0) is 18.4 Å². The zero-order chi connectivity index (χ0) is 27.3. The Hall–Kier alpha value is -2.56. The Morgan fingerprint density at radius 1 is 0.789 bits per heavy atom. The van der Waals surface area contributed by atoms with E-state index >= 15 is 0 Å². The van der Waals surface area contributed by atoms with E-state index in [-0.39, 0.29) is 17.8 Å². The molecule has 2 aromatic rings. The zero-order valence-corrected chi connectivity index (χ0v) is 23.9. The van der Waals surface area contributed by atoms with E-state index in [0.717, 1.165) is 24.1 Å². The summed E-state index contributed by atoms with van der Waals surface area (Å²) in [6, 6.07) is 11.7. The van der Waals surface area contributed by atoms with Gasteiger partial charge in [-0.3, -0.25) is 9.59 Å². The Balaban J connectivity index is 1.60. The highest BCUT2D eigenvalue weighted by Gasteiger charge is 2.10. The Bertz CT molecular complexity index is 939. The molecular formula is C33H52N2O3. The van der Waals surface area contributed by atoms with Crippen LogP contribution < -0.4 is 15.9 Å². The van der Waals surface area contributed by atoms with Gasteiger partial charge in [0.25, 0.3) is 0 Å². The first-order valence-corrected chi connectivity index (χ1v) is 15.3. The summed E-state index contributed by atoms with van der Waals surface area (Å²) in [6.45, 7) is 3.45. The van der Waals surface area contributed by atoms with Crippen LogP contribution in [0.15, 0.2) is 47.4 Å². The molecular weight excluding hydrogens is 472 g/mol. The average molecular weight is 525 g/mol. The normalized spacial score (nSPS) is 11.1. The molecule has 0 aliphatic heterocycles. The summed E-state index contributed by atoms with van der Waals surface area (Å²) in [4.78, 5) is 23.9. The first kappa shape index (κ1) is 31.7. The second-order valence-electron chi connectivity index (χ2n) is 10.7. The maximum atomic E-state index is 12.6. The summed E-state index contributed by atoms with van der Waals surface area (Å²) in [6.07, 6.45) is 23.8. The number of rotatable bonds is 23. The van der Waals surface area contributed by atoms with Crippen LogP contribution >= 0.6 is 0 Å². The largest absolute Gasteiger partial charge is 0.488 e. The van der Waals surface area contributed by atoms with Crippen LogP contribution in [0.4, 0.5) is 0 Å². The summed E-state index contributed by atoms with van der Waals surface area (Å²) < 4.78 is 7.89. The van der Waals surface area contributed by atoms with Crippen molar-refractivity contribution in [1.29, 1.82) is 0 Å². The molecule has 2 N–H and O–H groups in total. The molecule has 0 spiro atoms. The molecule has 0 fully saturated rings. The van der Waals surface area contributed by atoms with Crippen LogP contribution in [-0.4, -0.2) is 17.1 Å². The summed E-state index contributed by atoms with van der Waals surface area (Å²) in [7, 11) is 0. The van der Waals surface area contributed by atoms with E-state index < -0.39 is 0 Å². The number of primary amides is 1. The van der Waals surface area contributed by atoms with Crippen molar-refractivity contribution in [1.82, 2.24) is 4.57 Å². The molecule has 0 saturated carbocycles. The lowest BCUT2D eigenvalue weighted by Crippen LogP contribution is -2.19. The number of nitrogens with two attached hydrogens (primary N) is 1. The number of amides is 1. The van der Waals surface area contributed by atoms with Crippen LogP contribution in [-0.2, 0) is 17.8 Å². The van der Waals surface area contributed by atoms with Crippen molar-refractivity contribution in [2.75, 3.05) is 6.61 Å². The zero-order valence-electron chi connectivity index (χ0n) is 23.9. The molecule has 0 unspecified atom stereocenters. The van der Waals surface area contributed by atoms with Gasteiger partial charge in [0, 0.05) is 24.7 Å². The fourth-order valence-corrected chi connectivity index (χ4v) is 4.93. The van der Waals surface area contributed by atoms with E-state index in [4.69, 9.17) is 10.5 Å². The molecule has 1 amide bonds. The lowest BCUT2D eigenvalue weighted by Gasteiger charge is -2.16. The molecule has 2 rings (SSSR count). The van der Waals surface area contributed by atoms with Gasteiger partial charge in [0.2, 0.25) is 11.3 Å². The number of ether oxygens (including phenoxy) is 1. The van der Waals surface area contributed by atoms with Crippen molar-refractivity contribution >= 4 is 5.91 Å². The maximum absolute atomic E-state index is 12.6. The molecule has 0 atom stereocenters. The van der Waals surface area contributed by atoms with Gasteiger partial charge < -0.3 is 15.0 Å². The maximum Gasteiger partial charge on any atom is 0.223 e. The lowest BCUT2D eigenvalue weighted by atomic mass is 10.0. The SMILES string of the molecule is CCCCCCCCCCCCCCCCCCOc1cn(Cc2ccccc2)c(CCC(N)=O)cc1=O. The van der Waals surface area contributed by atoms with E-state index in [1.165, 1.54) is 89.9 Å². The lowest BCUT2D eigenvalue weighted by molar-refractivity contribution is -0.118. The minimum Gasteiger partial charge on any atom is -0.488 e.